The van der Waals surface area contributed by atoms with Crippen LogP contribution in [0.15, 0.2) is 0 Å². The van der Waals surface area contributed by atoms with E-state index in [2.05, 4.69) is 4.18 Å². The van der Waals surface area contributed by atoms with Gasteiger partial charge in [-0.2, -0.15) is 0 Å². The van der Waals surface area contributed by atoms with Crippen LogP contribution in [0.25, 0.3) is 0 Å². The topological polar surface area (TPSA) is 76.0 Å². The molecule has 2 unspecified atom stereocenters. The predicted octanol–water partition coefficient (Wildman–Crippen LogP) is 1.00. The van der Waals surface area contributed by atoms with Gasteiger partial charge in [0.15, 0.2) is 0 Å². The molecule has 72 valence electrons. The van der Waals surface area contributed by atoms with Gasteiger partial charge >= 0.3 is 5.97 Å². The fourth-order valence-corrected chi connectivity index (χ4v) is 2.03. The summed E-state index contributed by atoms with van der Waals surface area (Å²) in [5.74, 6) is -0.437. The Hall–Kier alpha value is -0.300. The van der Waals surface area contributed by atoms with E-state index in [0.717, 1.165) is 0 Å². The summed E-state index contributed by atoms with van der Waals surface area (Å²) in [4.78, 5) is 10.5. The maximum Gasteiger partial charge on any atom is 0.303 e. The van der Waals surface area contributed by atoms with Crippen LogP contribution in [0.2, 0.25) is 0 Å². The van der Waals surface area contributed by atoms with Crippen molar-refractivity contribution in [1.82, 2.24) is 0 Å². The normalized spacial score (nSPS) is 36.0. The highest BCUT2D eigenvalue weighted by atomic mass is 32.3. The van der Waals surface area contributed by atoms with E-state index in [9.17, 15) is 13.9 Å². The van der Waals surface area contributed by atoms with Gasteiger partial charge in [0.25, 0.3) is 0 Å². The number of hydrogen-bond acceptors (Lipinski definition) is 5. The maximum absolute atomic E-state index is 10.5. The molecule has 0 aliphatic carbocycles. The highest BCUT2D eigenvalue weighted by Gasteiger charge is 2.43. The number of hydrogen-bond donors (Lipinski definition) is 2. The fourth-order valence-electron chi connectivity index (χ4n) is 0.951. The van der Waals surface area contributed by atoms with Gasteiger partial charge in [-0.15, -0.1) is 0 Å². The Morgan fingerprint density at radius 2 is 2.25 bits per heavy atom. The van der Waals surface area contributed by atoms with Crippen LogP contribution < -0.4 is 0 Å². The third kappa shape index (κ3) is 1.89. The molecule has 1 saturated heterocycles. The molecule has 0 saturated carbocycles. The molecule has 1 aliphatic rings. The second kappa shape index (κ2) is 3.21. The smallest absolute Gasteiger partial charge is 0.303 e. The summed E-state index contributed by atoms with van der Waals surface area (Å²) in [6.45, 7) is 2.91. The van der Waals surface area contributed by atoms with E-state index < -0.39 is 28.2 Å². The maximum atomic E-state index is 10.5. The third-order valence-electron chi connectivity index (χ3n) is 1.73. The van der Waals surface area contributed by atoms with Crippen LogP contribution >= 0.6 is 10.9 Å². The zero-order chi connectivity index (χ0) is 9.35. The molecule has 5 nitrogen and oxygen atoms in total. The van der Waals surface area contributed by atoms with Crippen LogP contribution in [0, 0.1) is 0 Å². The number of rotatable bonds is 1. The lowest BCUT2D eigenvalue weighted by atomic mass is 10.3. The van der Waals surface area contributed by atoms with E-state index in [4.69, 9.17) is 4.74 Å². The minimum absolute atomic E-state index is 0.0586. The highest BCUT2D eigenvalue weighted by Crippen LogP contribution is 2.52. The Labute approximate surface area is 72.2 Å². The van der Waals surface area contributed by atoms with E-state index in [-0.39, 0.29) is 6.61 Å². The lowest BCUT2D eigenvalue weighted by molar-refractivity contribution is -0.146. The van der Waals surface area contributed by atoms with Crippen molar-refractivity contribution in [2.75, 3.05) is 6.61 Å². The Morgan fingerprint density at radius 1 is 1.67 bits per heavy atom. The average Bonchev–Trinajstić information content (AvgIpc) is 2.15. The first-order valence-corrected chi connectivity index (χ1v) is 5.05. The average molecular weight is 196 g/mol. The molecular formula is C6H12O5S. The zero-order valence-electron chi connectivity index (χ0n) is 6.89. The number of carbonyl (C=O) groups excluding carboxylic acids is 1. The van der Waals surface area contributed by atoms with Crippen molar-refractivity contribution >= 4 is 16.8 Å². The fraction of sp³-hybridized carbons (Fsp3) is 0.833. The molecule has 0 aromatic rings. The molecule has 1 rings (SSSR count). The van der Waals surface area contributed by atoms with Crippen LogP contribution in [0.5, 0.6) is 0 Å². The summed E-state index contributed by atoms with van der Waals surface area (Å²) in [5.41, 5.74) is 0. The summed E-state index contributed by atoms with van der Waals surface area (Å²) in [7, 11) is -3.00. The third-order valence-corrected chi connectivity index (χ3v) is 3.49. The van der Waals surface area contributed by atoms with Gasteiger partial charge in [0.05, 0.1) is 16.1 Å². The van der Waals surface area contributed by atoms with Crippen molar-refractivity contribution in [1.29, 1.82) is 0 Å². The van der Waals surface area contributed by atoms with E-state index in [1.54, 1.807) is 6.92 Å². The molecule has 0 radical (unpaired) electrons. The highest BCUT2D eigenvalue weighted by molar-refractivity contribution is 8.20. The minimum atomic E-state index is -3.00. The van der Waals surface area contributed by atoms with Crippen LogP contribution in [-0.4, -0.2) is 33.0 Å². The van der Waals surface area contributed by atoms with Crippen molar-refractivity contribution in [3.63, 3.8) is 0 Å². The lowest BCUT2D eigenvalue weighted by Crippen LogP contribution is -2.27. The van der Waals surface area contributed by atoms with E-state index >= 15 is 0 Å². The molecule has 12 heavy (non-hydrogen) atoms. The van der Waals surface area contributed by atoms with Gasteiger partial charge in [0, 0.05) is 6.92 Å². The van der Waals surface area contributed by atoms with Gasteiger partial charge < -0.3 is 13.8 Å². The molecule has 2 N–H and O–H groups in total. The summed E-state index contributed by atoms with van der Waals surface area (Å²) in [6, 6.07) is 0. The van der Waals surface area contributed by atoms with Crippen LogP contribution in [0.1, 0.15) is 13.8 Å². The first-order valence-electron chi connectivity index (χ1n) is 3.52. The molecule has 0 aromatic carbocycles. The Bertz CT molecular complexity index is 192. The van der Waals surface area contributed by atoms with E-state index in [1.165, 1.54) is 6.92 Å². The number of carbonyl (C=O) groups is 1. The van der Waals surface area contributed by atoms with Crippen molar-refractivity contribution in [3.8, 4) is 0 Å². The monoisotopic (exact) mass is 196 g/mol. The van der Waals surface area contributed by atoms with Crippen molar-refractivity contribution in [3.05, 3.63) is 0 Å². The number of ether oxygens (including phenoxy) is 1. The predicted molar refractivity (Wildman–Crippen MR) is 43.8 cm³/mol. The van der Waals surface area contributed by atoms with Gasteiger partial charge in [-0.3, -0.25) is 8.98 Å². The molecule has 0 aromatic heterocycles. The summed E-state index contributed by atoms with van der Waals surface area (Å²) in [6.07, 6.45) is -0.535. The summed E-state index contributed by atoms with van der Waals surface area (Å²) in [5, 5.41) is -0.540. The van der Waals surface area contributed by atoms with Gasteiger partial charge in [-0.05, 0) is 6.92 Å². The SMILES string of the molecule is CC(=O)OC1COS(O)(O)C1C. The van der Waals surface area contributed by atoms with Crippen molar-refractivity contribution in [2.45, 2.75) is 25.2 Å². The lowest BCUT2D eigenvalue weighted by Gasteiger charge is -2.25. The molecule has 1 heterocycles. The summed E-state index contributed by atoms with van der Waals surface area (Å²) < 4.78 is 27.8. The first kappa shape index (κ1) is 9.79. The Morgan fingerprint density at radius 3 is 2.58 bits per heavy atom. The molecular weight excluding hydrogens is 184 g/mol. The molecule has 0 amide bonds. The molecule has 2 atom stereocenters. The largest absolute Gasteiger partial charge is 0.459 e. The van der Waals surface area contributed by atoms with E-state index in [1.807, 2.05) is 0 Å². The van der Waals surface area contributed by atoms with Crippen LogP contribution in [0.4, 0.5) is 0 Å². The summed E-state index contributed by atoms with van der Waals surface area (Å²) >= 11 is 0. The quantitative estimate of drug-likeness (QED) is 0.612. The first-order chi connectivity index (χ1) is 5.43. The van der Waals surface area contributed by atoms with E-state index in [0.29, 0.717) is 0 Å². The second-order valence-corrected chi connectivity index (χ2v) is 4.73. The Balaban J connectivity index is 2.55. The standard InChI is InChI=1S/C6H12O5S/c1-4-6(11-5(2)7)3-10-12(4,8)9/h4,6,8-9H,3H2,1-2H3. The van der Waals surface area contributed by atoms with Crippen LogP contribution in [0.3, 0.4) is 0 Å². The number of esters is 1. The van der Waals surface area contributed by atoms with Crippen LogP contribution in [-0.2, 0) is 13.7 Å². The molecule has 0 spiro atoms. The molecule has 1 fully saturated rings. The molecule has 1 aliphatic heterocycles. The van der Waals surface area contributed by atoms with Gasteiger partial charge in [0.2, 0.25) is 0 Å². The Kier molecular flexibility index (Phi) is 2.62. The van der Waals surface area contributed by atoms with Gasteiger partial charge in [-0.25, -0.2) is 0 Å². The van der Waals surface area contributed by atoms with Crippen molar-refractivity contribution < 1.29 is 22.8 Å². The molecule has 0 bridgehead atoms. The van der Waals surface area contributed by atoms with Crippen molar-refractivity contribution in [2.24, 2.45) is 0 Å². The zero-order valence-corrected chi connectivity index (χ0v) is 7.71. The minimum Gasteiger partial charge on any atom is -0.459 e. The molecule has 6 heteroatoms. The second-order valence-electron chi connectivity index (χ2n) is 2.68. The van der Waals surface area contributed by atoms with Gasteiger partial charge in [0.1, 0.15) is 12.7 Å². The van der Waals surface area contributed by atoms with Gasteiger partial charge in [-0.1, -0.05) is 0 Å².